The molecule has 146 valence electrons. The highest BCUT2D eigenvalue weighted by Crippen LogP contribution is 2.21. The highest BCUT2D eigenvalue weighted by molar-refractivity contribution is 5.98. The number of rotatable bonds is 3. The molecule has 0 N–H and O–H groups in total. The molecule has 3 aromatic heterocycles. The summed E-state index contributed by atoms with van der Waals surface area (Å²) in [6, 6.07) is 3.72. The van der Waals surface area contributed by atoms with Crippen molar-refractivity contribution in [3.05, 3.63) is 47.7 Å². The number of pyridine rings is 1. The van der Waals surface area contributed by atoms with Gasteiger partial charge in [0.1, 0.15) is 6.26 Å². The maximum atomic E-state index is 13.1. The van der Waals surface area contributed by atoms with Gasteiger partial charge in [0.2, 0.25) is 0 Å². The molecule has 28 heavy (non-hydrogen) atoms. The number of nitrogens with zero attached hydrogens (tertiary/aromatic N) is 5. The second-order valence-corrected chi connectivity index (χ2v) is 7.31. The summed E-state index contributed by atoms with van der Waals surface area (Å²) in [5.74, 6) is -0.124. The molecule has 8 heteroatoms. The Bertz CT molecular complexity index is 1010. The fourth-order valence-corrected chi connectivity index (χ4v) is 3.51. The van der Waals surface area contributed by atoms with Crippen molar-refractivity contribution in [1.82, 2.24) is 24.6 Å². The second kappa shape index (κ2) is 7.10. The van der Waals surface area contributed by atoms with Crippen molar-refractivity contribution in [2.75, 3.05) is 26.2 Å². The van der Waals surface area contributed by atoms with Gasteiger partial charge < -0.3 is 14.2 Å². The van der Waals surface area contributed by atoms with Crippen LogP contribution in [-0.4, -0.2) is 62.6 Å². The van der Waals surface area contributed by atoms with Gasteiger partial charge in [-0.25, -0.2) is 9.67 Å². The van der Waals surface area contributed by atoms with Crippen LogP contribution in [0.5, 0.6) is 0 Å². The number of piperazine rings is 1. The fourth-order valence-electron chi connectivity index (χ4n) is 3.51. The van der Waals surface area contributed by atoms with E-state index in [1.165, 1.54) is 12.5 Å². The molecule has 8 nitrogen and oxygen atoms in total. The molecular formula is C20H23N5O3. The average Bonchev–Trinajstić information content (AvgIpc) is 3.36. The number of aromatic nitrogens is 3. The number of hydrogen-bond donors (Lipinski definition) is 0. The molecular weight excluding hydrogens is 358 g/mol. The lowest BCUT2D eigenvalue weighted by molar-refractivity contribution is 0.0534. The van der Waals surface area contributed by atoms with E-state index in [0.717, 1.165) is 11.0 Å². The number of carbonyl (C=O) groups excluding carboxylic acids is 2. The van der Waals surface area contributed by atoms with Crippen LogP contribution in [0.3, 0.4) is 0 Å². The quantitative estimate of drug-likeness (QED) is 0.696. The van der Waals surface area contributed by atoms with Gasteiger partial charge >= 0.3 is 0 Å². The minimum atomic E-state index is -0.0683. The van der Waals surface area contributed by atoms with E-state index in [2.05, 4.69) is 10.1 Å². The van der Waals surface area contributed by atoms with Crippen molar-refractivity contribution in [3.8, 4) is 0 Å². The summed E-state index contributed by atoms with van der Waals surface area (Å²) < 4.78 is 6.84. The molecule has 1 saturated heterocycles. The topological polar surface area (TPSA) is 84.5 Å². The lowest BCUT2D eigenvalue weighted by atomic mass is 10.1. The molecule has 0 aromatic carbocycles. The third-order valence-electron chi connectivity index (χ3n) is 5.10. The SMILES string of the molecule is Cc1nc2c(cnn2C(C)C)cc1C(=O)N1CCN(C(=O)c2ccoc2)CC1. The van der Waals surface area contributed by atoms with Crippen LogP contribution < -0.4 is 0 Å². The van der Waals surface area contributed by atoms with Crippen molar-refractivity contribution in [2.24, 2.45) is 0 Å². The molecule has 0 unspecified atom stereocenters. The van der Waals surface area contributed by atoms with Gasteiger partial charge in [0.15, 0.2) is 5.65 Å². The lowest BCUT2D eigenvalue weighted by Crippen LogP contribution is -2.50. The molecule has 3 aromatic rings. The molecule has 2 amide bonds. The van der Waals surface area contributed by atoms with Crippen LogP contribution in [0.4, 0.5) is 0 Å². The first-order chi connectivity index (χ1) is 13.5. The van der Waals surface area contributed by atoms with Crippen LogP contribution in [0.15, 0.2) is 35.3 Å². The van der Waals surface area contributed by atoms with Gasteiger partial charge in [0.05, 0.1) is 29.3 Å². The fraction of sp³-hybridized carbons (Fsp3) is 0.400. The van der Waals surface area contributed by atoms with Crippen molar-refractivity contribution < 1.29 is 14.0 Å². The van der Waals surface area contributed by atoms with Crippen LogP contribution >= 0.6 is 0 Å². The zero-order valence-corrected chi connectivity index (χ0v) is 16.3. The first-order valence-corrected chi connectivity index (χ1v) is 9.41. The van der Waals surface area contributed by atoms with Gasteiger partial charge in [-0.1, -0.05) is 0 Å². The summed E-state index contributed by atoms with van der Waals surface area (Å²) >= 11 is 0. The number of amides is 2. The Balaban J connectivity index is 1.49. The van der Waals surface area contributed by atoms with Gasteiger partial charge in [-0.2, -0.15) is 5.10 Å². The van der Waals surface area contributed by atoms with E-state index >= 15 is 0 Å². The number of furan rings is 1. The van der Waals surface area contributed by atoms with Crippen molar-refractivity contribution in [1.29, 1.82) is 0 Å². The molecule has 1 aliphatic heterocycles. The average molecular weight is 381 g/mol. The maximum absolute atomic E-state index is 13.1. The molecule has 0 bridgehead atoms. The monoisotopic (exact) mass is 381 g/mol. The van der Waals surface area contributed by atoms with Gasteiger partial charge in [0.25, 0.3) is 11.8 Å². The van der Waals surface area contributed by atoms with Crippen LogP contribution in [0.25, 0.3) is 11.0 Å². The van der Waals surface area contributed by atoms with Crippen LogP contribution in [0.1, 0.15) is 46.3 Å². The number of carbonyl (C=O) groups is 2. The summed E-state index contributed by atoms with van der Waals surface area (Å²) in [4.78, 5) is 33.6. The Morgan fingerprint density at radius 2 is 1.79 bits per heavy atom. The van der Waals surface area contributed by atoms with E-state index in [-0.39, 0.29) is 17.9 Å². The minimum Gasteiger partial charge on any atom is -0.472 e. The molecule has 4 rings (SSSR count). The lowest BCUT2D eigenvalue weighted by Gasteiger charge is -2.34. The van der Waals surface area contributed by atoms with E-state index in [4.69, 9.17) is 4.42 Å². The van der Waals surface area contributed by atoms with Gasteiger partial charge in [0, 0.05) is 37.6 Å². The standard InChI is InChI=1S/C20H23N5O3/c1-13(2)25-18-16(11-21-25)10-17(14(3)22-18)20(27)24-7-5-23(6-8-24)19(26)15-4-9-28-12-15/h4,9-13H,5-8H2,1-3H3. The predicted octanol–water partition coefficient (Wildman–Crippen LogP) is 2.51. The van der Waals surface area contributed by atoms with Crippen molar-refractivity contribution in [2.45, 2.75) is 26.8 Å². The molecule has 0 radical (unpaired) electrons. The summed E-state index contributed by atoms with van der Waals surface area (Å²) in [5, 5.41) is 5.24. The zero-order valence-electron chi connectivity index (χ0n) is 16.3. The van der Waals surface area contributed by atoms with E-state index in [0.29, 0.717) is 43.0 Å². The largest absolute Gasteiger partial charge is 0.472 e. The molecule has 0 saturated carbocycles. The first kappa shape index (κ1) is 18.2. The zero-order chi connectivity index (χ0) is 19.8. The predicted molar refractivity (Wildman–Crippen MR) is 103 cm³/mol. The second-order valence-electron chi connectivity index (χ2n) is 7.31. The highest BCUT2D eigenvalue weighted by Gasteiger charge is 2.27. The number of fused-ring (bicyclic) bond motifs is 1. The smallest absolute Gasteiger partial charge is 0.257 e. The van der Waals surface area contributed by atoms with E-state index in [1.807, 2.05) is 31.5 Å². The maximum Gasteiger partial charge on any atom is 0.257 e. The minimum absolute atomic E-state index is 0.0559. The normalized spacial score (nSPS) is 14.9. The number of aryl methyl sites for hydroxylation is 1. The summed E-state index contributed by atoms with van der Waals surface area (Å²) in [7, 11) is 0. The molecule has 0 atom stereocenters. The Morgan fingerprint density at radius 3 is 2.39 bits per heavy atom. The third kappa shape index (κ3) is 3.15. The van der Waals surface area contributed by atoms with Crippen LogP contribution in [-0.2, 0) is 0 Å². The summed E-state index contributed by atoms with van der Waals surface area (Å²) in [5.41, 5.74) is 2.61. The van der Waals surface area contributed by atoms with Crippen LogP contribution in [0, 0.1) is 6.92 Å². The molecule has 4 heterocycles. The Labute approximate surface area is 162 Å². The molecule has 1 aliphatic rings. The van der Waals surface area contributed by atoms with Gasteiger partial charge in [-0.3, -0.25) is 9.59 Å². The van der Waals surface area contributed by atoms with Gasteiger partial charge in [-0.05, 0) is 32.9 Å². The Kier molecular flexibility index (Phi) is 4.62. The molecule has 0 aliphatic carbocycles. The first-order valence-electron chi connectivity index (χ1n) is 9.41. The van der Waals surface area contributed by atoms with E-state index < -0.39 is 0 Å². The summed E-state index contributed by atoms with van der Waals surface area (Å²) in [6.45, 7) is 7.92. The van der Waals surface area contributed by atoms with Crippen molar-refractivity contribution in [3.63, 3.8) is 0 Å². The van der Waals surface area contributed by atoms with Crippen LogP contribution in [0.2, 0.25) is 0 Å². The molecule has 0 spiro atoms. The third-order valence-corrected chi connectivity index (χ3v) is 5.10. The van der Waals surface area contributed by atoms with E-state index in [1.54, 1.807) is 22.1 Å². The Hall–Kier alpha value is -3.16. The number of hydrogen-bond acceptors (Lipinski definition) is 5. The van der Waals surface area contributed by atoms with Gasteiger partial charge in [-0.15, -0.1) is 0 Å². The highest BCUT2D eigenvalue weighted by atomic mass is 16.3. The Morgan fingerprint density at radius 1 is 1.11 bits per heavy atom. The molecule has 1 fully saturated rings. The van der Waals surface area contributed by atoms with Crippen molar-refractivity contribution >= 4 is 22.8 Å². The van der Waals surface area contributed by atoms with E-state index in [9.17, 15) is 9.59 Å². The summed E-state index contributed by atoms with van der Waals surface area (Å²) in [6.07, 6.45) is 4.68.